The number of carbonyl (C=O) groups excluding carboxylic acids is 1. The van der Waals surface area contributed by atoms with E-state index in [0.717, 1.165) is 15.3 Å². The molecule has 24 heavy (non-hydrogen) atoms. The fourth-order valence-corrected chi connectivity index (χ4v) is 3.22. The first-order valence-corrected chi connectivity index (χ1v) is 8.95. The summed E-state index contributed by atoms with van der Waals surface area (Å²) < 4.78 is 30.7. The number of rotatable bonds is 8. The van der Waals surface area contributed by atoms with Gasteiger partial charge in [-0.1, -0.05) is 42.4 Å². The van der Waals surface area contributed by atoms with Gasteiger partial charge in [-0.25, -0.2) is 8.42 Å². The highest BCUT2D eigenvalue weighted by Crippen LogP contribution is 2.10. The Balaban J connectivity index is 2.07. The van der Waals surface area contributed by atoms with Crippen molar-refractivity contribution in [3.63, 3.8) is 0 Å². The van der Waals surface area contributed by atoms with E-state index < -0.39 is 15.9 Å². The van der Waals surface area contributed by atoms with E-state index in [4.69, 9.17) is 0 Å². The first kappa shape index (κ1) is 17.9. The van der Waals surface area contributed by atoms with Crippen LogP contribution in [0, 0.1) is 0 Å². The number of hydrogen-bond acceptors (Lipinski definition) is 5. The zero-order valence-electron chi connectivity index (χ0n) is 13.3. The molecule has 8 heteroatoms. The number of carbonyl (C=O) groups is 1. The second kappa shape index (κ2) is 8.42. The number of anilines is 1. The Hall–Kier alpha value is -2.45. The summed E-state index contributed by atoms with van der Waals surface area (Å²) in [6.45, 7) is 1.80. The summed E-state index contributed by atoms with van der Waals surface area (Å²) in [5, 5.41) is 7.15. The molecule has 1 amide bonds. The van der Waals surface area contributed by atoms with E-state index in [1.54, 1.807) is 12.1 Å². The molecule has 0 saturated heterocycles. The van der Waals surface area contributed by atoms with Gasteiger partial charge in [0, 0.05) is 18.0 Å². The maximum absolute atomic E-state index is 12.5. The average molecular weight is 349 g/mol. The largest absolute Gasteiger partial charge is 0.363 e. The molecule has 0 aliphatic carbocycles. The molecule has 0 fully saturated rings. The minimum Gasteiger partial charge on any atom is -0.363 e. The van der Waals surface area contributed by atoms with Crippen LogP contribution in [0.25, 0.3) is 6.08 Å². The van der Waals surface area contributed by atoms with Gasteiger partial charge in [0.15, 0.2) is 5.82 Å². The number of nitrogens with zero attached hydrogens (tertiary/aromatic N) is 2. The molecule has 0 atom stereocenters. The minimum atomic E-state index is -3.71. The number of amides is 1. The molecule has 1 heterocycles. The van der Waals surface area contributed by atoms with Crippen molar-refractivity contribution >= 4 is 27.8 Å². The Morgan fingerprint density at radius 2 is 2.04 bits per heavy atom. The van der Waals surface area contributed by atoms with Gasteiger partial charge in [0.05, 0.1) is 6.54 Å². The van der Waals surface area contributed by atoms with Crippen molar-refractivity contribution in [2.24, 2.45) is 0 Å². The molecule has 7 nitrogen and oxygen atoms in total. The van der Waals surface area contributed by atoms with E-state index in [0.29, 0.717) is 6.42 Å². The van der Waals surface area contributed by atoms with E-state index >= 15 is 0 Å². The molecule has 1 aromatic heterocycles. The highest BCUT2D eigenvalue weighted by molar-refractivity contribution is 7.92. The van der Waals surface area contributed by atoms with Crippen LogP contribution >= 0.6 is 0 Å². The molecule has 1 N–H and O–H groups in total. The van der Waals surface area contributed by atoms with Gasteiger partial charge in [0.1, 0.15) is 6.26 Å². The summed E-state index contributed by atoms with van der Waals surface area (Å²) in [4.78, 5) is 12.0. The van der Waals surface area contributed by atoms with Crippen LogP contribution < -0.4 is 5.32 Å². The van der Waals surface area contributed by atoms with Crippen LogP contribution in [-0.4, -0.2) is 36.9 Å². The lowest BCUT2D eigenvalue weighted by Crippen LogP contribution is -2.37. The van der Waals surface area contributed by atoms with Crippen LogP contribution in [0.15, 0.2) is 52.6 Å². The van der Waals surface area contributed by atoms with E-state index in [2.05, 4.69) is 15.0 Å². The zero-order chi connectivity index (χ0) is 17.4. The second-order valence-corrected chi connectivity index (χ2v) is 6.84. The average Bonchev–Trinajstić information content (AvgIpc) is 3.06. The fraction of sp³-hybridized carbons (Fsp3) is 0.250. The molecule has 2 aromatic rings. The van der Waals surface area contributed by atoms with Crippen molar-refractivity contribution in [3.05, 3.63) is 53.6 Å². The third-order valence-electron chi connectivity index (χ3n) is 3.09. The lowest BCUT2D eigenvalue weighted by Gasteiger charge is -2.18. The van der Waals surface area contributed by atoms with Gasteiger partial charge in [0.2, 0.25) is 15.9 Å². The van der Waals surface area contributed by atoms with Crippen molar-refractivity contribution in [2.45, 2.75) is 13.3 Å². The van der Waals surface area contributed by atoms with Gasteiger partial charge in [-0.2, -0.15) is 4.31 Å². The highest BCUT2D eigenvalue weighted by atomic mass is 32.2. The Bertz CT molecular complexity index is 771. The zero-order valence-corrected chi connectivity index (χ0v) is 14.1. The lowest BCUT2D eigenvalue weighted by molar-refractivity contribution is -0.116. The quantitative estimate of drug-likeness (QED) is 0.789. The van der Waals surface area contributed by atoms with Gasteiger partial charge in [-0.05, 0) is 18.1 Å². The Morgan fingerprint density at radius 3 is 2.67 bits per heavy atom. The van der Waals surface area contributed by atoms with Crippen LogP contribution in [0.2, 0.25) is 0 Å². The molecule has 0 bridgehead atoms. The summed E-state index contributed by atoms with van der Waals surface area (Å²) in [5.74, 6) is -0.234. The smallest absolute Gasteiger partial charge is 0.240 e. The minimum absolute atomic E-state index is 0.244. The maximum Gasteiger partial charge on any atom is 0.240 e. The Kier molecular flexibility index (Phi) is 6.28. The van der Waals surface area contributed by atoms with Crippen molar-refractivity contribution in [2.75, 3.05) is 18.4 Å². The van der Waals surface area contributed by atoms with E-state index in [1.165, 1.54) is 18.4 Å². The predicted octanol–water partition coefficient (Wildman–Crippen LogP) is 2.33. The molecular formula is C16H19N3O4S. The van der Waals surface area contributed by atoms with Gasteiger partial charge in [-0.15, -0.1) is 0 Å². The molecule has 0 unspecified atom stereocenters. The number of aromatic nitrogens is 1. The summed E-state index contributed by atoms with van der Waals surface area (Å²) >= 11 is 0. The van der Waals surface area contributed by atoms with Gasteiger partial charge < -0.3 is 9.84 Å². The van der Waals surface area contributed by atoms with E-state index in [1.807, 2.05) is 25.1 Å². The first-order chi connectivity index (χ1) is 11.5. The molecule has 0 aliphatic rings. The third kappa shape index (κ3) is 5.32. The molecular weight excluding hydrogens is 330 g/mol. The summed E-state index contributed by atoms with van der Waals surface area (Å²) in [6.07, 6.45) is 3.42. The number of benzene rings is 1. The maximum atomic E-state index is 12.5. The monoisotopic (exact) mass is 349 g/mol. The summed E-state index contributed by atoms with van der Waals surface area (Å²) in [7, 11) is -3.71. The topological polar surface area (TPSA) is 92.5 Å². The van der Waals surface area contributed by atoms with Crippen LogP contribution in [0.5, 0.6) is 0 Å². The first-order valence-electron chi connectivity index (χ1n) is 7.45. The van der Waals surface area contributed by atoms with Crippen molar-refractivity contribution < 1.29 is 17.7 Å². The van der Waals surface area contributed by atoms with Crippen molar-refractivity contribution in [3.8, 4) is 0 Å². The molecule has 1 aromatic carbocycles. The third-order valence-corrected chi connectivity index (χ3v) is 4.60. The lowest BCUT2D eigenvalue weighted by atomic mass is 10.2. The van der Waals surface area contributed by atoms with Crippen LogP contribution in [0.1, 0.15) is 18.9 Å². The fourth-order valence-electron chi connectivity index (χ4n) is 1.98. The number of hydrogen-bond donors (Lipinski definition) is 1. The predicted molar refractivity (Wildman–Crippen MR) is 91.4 cm³/mol. The summed E-state index contributed by atoms with van der Waals surface area (Å²) in [5.41, 5.74) is 0.768. The Labute approximate surface area is 141 Å². The van der Waals surface area contributed by atoms with Crippen LogP contribution in [0.4, 0.5) is 5.82 Å². The standard InChI is InChI=1S/C16H19N3O4S/c1-2-10-19(13-16(20)17-15-8-11-23-18-15)24(21,22)12-9-14-6-4-3-5-7-14/h3-9,11-12H,2,10,13H2,1H3,(H,17,18,20)/b12-9+. The Morgan fingerprint density at radius 1 is 1.29 bits per heavy atom. The number of sulfonamides is 1. The molecule has 0 spiro atoms. The van der Waals surface area contributed by atoms with E-state index in [-0.39, 0.29) is 18.9 Å². The van der Waals surface area contributed by atoms with Gasteiger partial charge in [0.25, 0.3) is 0 Å². The molecule has 2 rings (SSSR count). The second-order valence-electron chi connectivity index (χ2n) is 5.02. The molecule has 0 saturated carbocycles. The van der Waals surface area contributed by atoms with Gasteiger partial charge >= 0.3 is 0 Å². The molecule has 0 radical (unpaired) electrons. The summed E-state index contributed by atoms with van der Waals surface area (Å²) in [6, 6.07) is 10.6. The van der Waals surface area contributed by atoms with Crippen molar-refractivity contribution in [1.82, 2.24) is 9.46 Å². The van der Waals surface area contributed by atoms with Gasteiger partial charge in [-0.3, -0.25) is 4.79 Å². The molecule has 128 valence electrons. The normalized spacial score (nSPS) is 11.9. The van der Waals surface area contributed by atoms with E-state index in [9.17, 15) is 13.2 Å². The number of nitrogens with one attached hydrogen (secondary N) is 1. The highest BCUT2D eigenvalue weighted by Gasteiger charge is 2.21. The van der Waals surface area contributed by atoms with Crippen LogP contribution in [0.3, 0.4) is 0 Å². The van der Waals surface area contributed by atoms with Crippen LogP contribution in [-0.2, 0) is 14.8 Å². The SMILES string of the molecule is CCCN(CC(=O)Nc1ccon1)S(=O)(=O)/C=C/c1ccccc1. The molecule has 0 aliphatic heterocycles. The van der Waals surface area contributed by atoms with Crippen molar-refractivity contribution in [1.29, 1.82) is 0 Å².